The van der Waals surface area contributed by atoms with Gasteiger partial charge in [-0.05, 0) is 6.42 Å². The number of rotatable bonds is 4. The third-order valence-electron chi connectivity index (χ3n) is 1.21. The van der Waals surface area contributed by atoms with E-state index in [4.69, 9.17) is 5.11 Å². The molecule has 0 fully saturated rings. The Balaban J connectivity index is 3.73. The predicted octanol–water partition coefficient (Wildman–Crippen LogP) is 1.33. The van der Waals surface area contributed by atoms with Crippen LogP contribution in [0.25, 0.3) is 0 Å². The van der Waals surface area contributed by atoms with Crippen LogP contribution in [0.4, 0.5) is 0 Å². The lowest BCUT2D eigenvalue weighted by Crippen LogP contribution is -2.06. The molecule has 0 aliphatic heterocycles. The topological polar surface area (TPSA) is 49.7 Å². The van der Waals surface area contributed by atoms with Crippen LogP contribution in [0.5, 0.6) is 0 Å². The summed E-state index contributed by atoms with van der Waals surface area (Å²) < 4.78 is 0. The minimum Gasteiger partial charge on any atom is -0.481 e. The number of carboxylic acid groups (broad SMARTS) is 1. The molecule has 0 aliphatic carbocycles. The summed E-state index contributed by atoms with van der Waals surface area (Å²) in [6.07, 6.45) is 1.84. The van der Waals surface area contributed by atoms with Gasteiger partial charge >= 0.3 is 5.97 Å². The molecule has 0 spiro atoms. The molecule has 0 aromatic heterocycles. The molecule has 0 radical (unpaired) electrons. The summed E-state index contributed by atoms with van der Waals surface area (Å²) in [5.74, 6) is -0.797. The first-order chi connectivity index (χ1) is 4.70. The average Bonchev–Trinajstić information content (AvgIpc) is 1.86. The molecule has 0 aromatic carbocycles. The summed E-state index contributed by atoms with van der Waals surface area (Å²) in [4.78, 5) is 14.0. The Bertz CT molecular complexity index is 141. The predicted molar refractivity (Wildman–Crippen MR) is 40.5 cm³/mol. The van der Waals surface area contributed by atoms with Gasteiger partial charge < -0.3 is 5.11 Å². The van der Waals surface area contributed by atoms with E-state index in [9.17, 15) is 4.79 Å². The van der Waals surface area contributed by atoms with Crippen molar-refractivity contribution in [2.45, 2.75) is 26.2 Å². The Morgan fingerprint density at radius 2 is 2.20 bits per heavy atom. The molecule has 3 nitrogen and oxygen atoms in total. The van der Waals surface area contributed by atoms with Gasteiger partial charge in [0.15, 0.2) is 0 Å². The van der Waals surface area contributed by atoms with E-state index in [0.717, 1.165) is 18.6 Å². The normalized spacial score (nSPS) is 11.6. The van der Waals surface area contributed by atoms with E-state index in [-0.39, 0.29) is 6.42 Å². The van der Waals surface area contributed by atoms with Crippen LogP contribution < -0.4 is 0 Å². The Hall–Kier alpha value is -0.860. The second-order valence-electron chi connectivity index (χ2n) is 2.11. The third-order valence-corrected chi connectivity index (χ3v) is 1.21. The molecule has 0 bridgehead atoms. The number of hydrogen-bond donors (Lipinski definition) is 1. The Kier molecular flexibility index (Phi) is 4.54. The van der Waals surface area contributed by atoms with Gasteiger partial charge in [0.25, 0.3) is 0 Å². The zero-order valence-corrected chi connectivity index (χ0v) is 6.42. The van der Waals surface area contributed by atoms with Crippen LogP contribution in [0.1, 0.15) is 26.2 Å². The van der Waals surface area contributed by atoms with Crippen LogP contribution in [0.2, 0.25) is 0 Å². The van der Waals surface area contributed by atoms with Crippen molar-refractivity contribution in [3.05, 3.63) is 0 Å². The Morgan fingerprint density at radius 1 is 1.60 bits per heavy atom. The summed E-state index contributed by atoms with van der Waals surface area (Å²) in [6, 6.07) is 0. The Morgan fingerprint density at radius 3 is 2.50 bits per heavy atom. The van der Waals surface area contributed by atoms with Crippen molar-refractivity contribution in [1.82, 2.24) is 0 Å². The van der Waals surface area contributed by atoms with Crippen molar-refractivity contribution in [2.75, 3.05) is 7.05 Å². The molecule has 0 rings (SSSR count). The molecule has 0 atom stereocenters. The number of aliphatic carboxylic acids is 1. The lowest BCUT2D eigenvalue weighted by molar-refractivity contribution is -0.135. The van der Waals surface area contributed by atoms with Crippen LogP contribution in [-0.2, 0) is 4.79 Å². The van der Waals surface area contributed by atoms with E-state index in [1.54, 1.807) is 7.05 Å². The summed E-state index contributed by atoms with van der Waals surface area (Å²) in [5.41, 5.74) is 0.773. The first-order valence-corrected chi connectivity index (χ1v) is 3.37. The molecule has 0 saturated heterocycles. The van der Waals surface area contributed by atoms with Gasteiger partial charge in [-0.15, -0.1) is 0 Å². The Labute approximate surface area is 60.8 Å². The van der Waals surface area contributed by atoms with Crippen molar-refractivity contribution in [1.29, 1.82) is 0 Å². The fourth-order valence-electron chi connectivity index (χ4n) is 0.742. The van der Waals surface area contributed by atoms with Gasteiger partial charge in [0.1, 0.15) is 0 Å². The second-order valence-corrected chi connectivity index (χ2v) is 2.11. The van der Waals surface area contributed by atoms with E-state index in [1.165, 1.54) is 0 Å². The minimum atomic E-state index is -0.797. The molecule has 0 amide bonds. The van der Waals surface area contributed by atoms with Gasteiger partial charge in [-0.1, -0.05) is 13.3 Å². The average molecular weight is 143 g/mol. The van der Waals surface area contributed by atoms with Crippen molar-refractivity contribution >= 4 is 11.7 Å². The monoisotopic (exact) mass is 143 g/mol. The fraction of sp³-hybridized carbons (Fsp3) is 0.714. The first kappa shape index (κ1) is 9.14. The van der Waals surface area contributed by atoms with Gasteiger partial charge in [0.05, 0.1) is 6.42 Å². The highest BCUT2D eigenvalue weighted by Gasteiger charge is 2.02. The highest BCUT2D eigenvalue weighted by atomic mass is 16.4. The maximum atomic E-state index is 10.2. The van der Waals surface area contributed by atoms with Crippen molar-refractivity contribution in [2.24, 2.45) is 4.99 Å². The SMILES string of the molecule is CCCC(CC(=O)O)=NC. The summed E-state index contributed by atoms with van der Waals surface area (Å²) >= 11 is 0. The fourth-order valence-corrected chi connectivity index (χ4v) is 0.742. The zero-order chi connectivity index (χ0) is 7.98. The van der Waals surface area contributed by atoms with Crippen LogP contribution in [-0.4, -0.2) is 23.8 Å². The molecular formula is C7H13NO2. The molecule has 0 saturated carbocycles. The highest BCUT2D eigenvalue weighted by Crippen LogP contribution is 1.96. The number of hydrogen-bond acceptors (Lipinski definition) is 2. The standard InChI is InChI=1S/C7H13NO2/c1-3-4-6(8-2)5-7(9)10/h3-5H2,1-2H3,(H,9,10). The van der Waals surface area contributed by atoms with Gasteiger partial charge in [0.2, 0.25) is 0 Å². The van der Waals surface area contributed by atoms with Crippen molar-refractivity contribution in [3.8, 4) is 0 Å². The number of carbonyl (C=O) groups is 1. The van der Waals surface area contributed by atoms with Gasteiger partial charge in [-0.25, -0.2) is 0 Å². The molecule has 0 aromatic rings. The molecular weight excluding hydrogens is 130 g/mol. The molecule has 0 unspecified atom stereocenters. The van der Waals surface area contributed by atoms with Crippen molar-refractivity contribution in [3.63, 3.8) is 0 Å². The van der Waals surface area contributed by atoms with E-state index in [2.05, 4.69) is 4.99 Å². The minimum absolute atomic E-state index is 0.0876. The lowest BCUT2D eigenvalue weighted by atomic mass is 10.2. The number of nitrogens with zero attached hydrogens (tertiary/aromatic N) is 1. The van der Waals surface area contributed by atoms with E-state index >= 15 is 0 Å². The molecule has 3 heteroatoms. The third kappa shape index (κ3) is 4.06. The van der Waals surface area contributed by atoms with E-state index < -0.39 is 5.97 Å². The number of aliphatic imine (C=N–C) groups is 1. The quantitative estimate of drug-likeness (QED) is 0.603. The smallest absolute Gasteiger partial charge is 0.309 e. The first-order valence-electron chi connectivity index (χ1n) is 3.37. The van der Waals surface area contributed by atoms with Crippen molar-refractivity contribution < 1.29 is 9.90 Å². The summed E-state index contributed by atoms with van der Waals surface area (Å²) in [7, 11) is 1.63. The second kappa shape index (κ2) is 4.97. The largest absolute Gasteiger partial charge is 0.481 e. The molecule has 58 valence electrons. The van der Waals surface area contributed by atoms with Crippen LogP contribution >= 0.6 is 0 Å². The van der Waals surface area contributed by atoms with E-state index in [0.29, 0.717) is 0 Å². The van der Waals surface area contributed by atoms with Gasteiger partial charge in [-0.3, -0.25) is 9.79 Å². The lowest BCUT2D eigenvalue weighted by Gasteiger charge is -1.97. The van der Waals surface area contributed by atoms with Gasteiger partial charge in [0, 0.05) is 12.8 Å². The van der Waals surface area contributed by atoms with Crippen LogP contribution in [0, 0.1) is 0 Å². The zero-order valence-electron chi connectivity index (χ0n) is 6.42. The molecule has 1 N–H and O–H groups in total. The summed E-state index contributed by atoms with van der Waals surface area (Å²) in [6.45, 7) is 2.01. The molecule has 0 heterocycles. The molecule has 0 aliphatic rings. The van der Waals surface area contributed by atoms with Crippen LogP contribution in [0.15, 0.2) is 4.99 Å². The van der Waals surface area contributed by atoms with Gasteiger partial charge in [-0.2, -0.15) is 0 Å². The maximum Gasteiger partial charge on any atom is 0.309 e. The maximum absolute atomic E-state index is 10.2. The molecule has 10 heavy (non-hydrogen) atoms. The number of carboxylic acids is 1. The summed E-state index contributed by atoms with van der Waals surface area (Å²) in [5, 5.41) is 8.36. The van der Waals surface area contributed by atoms with Crippen LogP contribution in [0.3, 0.4) is 0 Å². The highest BCUT2D eigenvalue weighted by molar-refractivity contribution is 5.98. The van der Waals surface area contributed by atoms with E-state index in [1.807, 2.05) is 6.92 Å².